The lowest BCUT2D eigenvalue weighted by atomic mass is 9.77. The van der Waals surface area contributed by atoms with Gasteiger partial charge in [-0.05, 0) is 62.1 Å². The molecule has 0 saturated heterocycles. The number of alkyl halides is 1. The topological polar surface area (TPSA) is 9.23 Å². The molecular weight excluding hydrogens is 251 g/mol. The number of halogens is 1. The van der Waals surface area contributed by atoms with Crippen molar-refractivity contribution in [3.05, 3.63) is 29.8 Å². The summed E-state index contributed by atoms with van der Waals surface area (Å²) in [4.78, 5) is 0. The smallest absolute Gasteiger partial charge is 0.131 e. The van der Waals surface area contributed by atoms with E-state index < -0.39 is 6.17 Å². The molecule has 112 valence electrons. The number of benzene rings is 1. The van der Waals surface area contributed by atoms with Crippen molar-refractivity contribution in [3.63, 3.8) is 0 Å². The third kappa shape index (κ3) is 4.50. The van der Waals surface area contributed by atoms with Gasteiger partial charge in [-0.25, -0.2) is 4.39 Å². The van der Waals surface area contributed by atoms with E-state index in [2.05, 4.69) is 19.1 Å². The van der Waals surface area contributed by atoms with Gasteiger partial charge in [0, 0.05) is 0 Å². The molecule has 1 aliphatic rings. The minimum absolute atomic E-state index is 0.140. The first-order chi connectivity index (χ1) is 9.69. The van der Waals surface area contributed by atoms with Gasteiger partial charge in [-0.15, -0.1) is 0 Å². The normalized spacial score (nSPS) is 24.4. The summed E-state index contributed by atoms with van der Waals surface area (Å²) in [6, 6.07) is 8.28. The molecule has 0 radical (unpaired) electrons. The third-order valence-electron chi connectivity index (χ3n) is 4.37. The Hall–Kier alpha value is -1.05. The predicted molar refractivity (Wildman–Crippen MR) is 82.1 cm³/mol. The molecule has 0 aromatic heterocycles. The summed E-state index contributed by atoms with van der Waals surface area (Å²) in [6.07, 6.45) is 7.16. The van der Waals surface area contributed by atoms with E-state index in [1.165, 1.54) is 51.0 Å². The van der Waals surface area contributed by atoms with Crippen LogP contribution in [-0.2, 0) is 0 Å². The van der Waals surface area contributed by atoms with Gasteiger partial charge in [-0.3, -0.25) is 0 Å². The first-order valence-corrected chi connectivity index (χ1v) is 8.06. The molecule has 1 fully saturated rings. The largest absolute Gasteiger partial charge is 0.491 e. The SMILES string of the molecule is CCCC1CCC(c2ccc(OCC(C)F)cc2)CC1. The van der Waals surface area contributed by atoms with E-state index in [-0.39, 0.29) is 6.61 Å². The number of hydrogen-bond acceptors (Lipinski definition) is 1. The molecule has 1 aromatic carbocycles. The zero-order chi connectivity index (χ0) is 14.4. The van der Waals surface area contributed by atoms with Crippen LogP contribution in [0.2, 0.25) is 0 Å². The van der Waals surface area contributed by atoms with Crippen molar-refractivity contribution in [1.82, 2.24) is 0 Å². The molecule has 0 N–H and O–H groups in total. The number of hydrogen-bond donors (Lipinski definition) is 0. The lowest BCUT2D eigenvalue weighted by molar-refractivity contribution is 0.209. The molecule has 0 heterocycles. The van der Waals surface area contributed by atoms with Crippen molar-refractivity contribution >= 4 is 0 Å². The molecule has 0 aliphatic heterocycles. The van der Waals surface area contributed by atoms with E-state index >= 15 is 0 Å². The third-order valence-corrected chi connectivity index (χ3v) is 4.37. The standard InChI is InChI=1S/C18H27FO/c1-3-4-15-5-7-16(8-6-15)17-9-11-18(12-10-17)20-13-14(2)19/h9-12,14-16H,3-8,13H2,1-2H3. The predicted octanol–water partition coefficient (Wildman–Crippen LogP) is 5.50. The van der Waals surface area contributed by atoms with Crippen LogP contribution in [-0.4, -0.2) is 12.8 Å². The number of ether oxygens (including phenoxy) is 1. The lowest BCUT2D eigenvalue weighted by Crippen LogP contribution is -2.13. The first-order valence-electron chi connectivity index (χ1n) is 8.06. The van der Waals surface area contributed by atoms with Gasteiger partial charge in [0.2, 0.25) is 0 Å². The molecule has 0 bridgehead atoms. The molecule has 0 spiro atoms. The Balaban J connectivity index is 1.84. The van der Waals surface area contributed by atoms with Crippen molar-refractivity contribution in [3.8, 4) is 5.75 Å². The molecule has 1 saturated carbocycles. The van der Waals surface area contributed by atoms with Crippen LogP contribution in [0.5, 0.6) is 5.75 Å². The van der Waals surface area contributed by atoms with Gasteiger partial charge < -0.3 is 4.74 Å². The molecule has 20 heavy (non-hydrogen) atoms. The molecular formula is C18H27FO. The van der Waals surface area contributed by atoms with Crippen molar-refractivity contribution in [2.75, 3.05) is 6.61 Å². The molecule has 1 atom stereocenters. The van der Waals surface area contributed by atoms with Crippen LogP contribution < -0.4 is 4.74 Å². The molecule has 1 aromatic rings. The van der Waals surface area contributed by atoms with Gasteiger partial charge in [0.1, 0.15) is 18.5 Å². The highest BCUT2D eigenvalue weighted by Crippen LogP contribution is 2.37. The van der Waals surface area contributed by atoms with Gasteiger partial charge in [-0.1, -0.05) is 31.9 Å². The van der Waals surface area contributed by atoms with Crippen molar-refractivity contribution in [2.45, 2.75) is 64.5 Å². The van der Waals surface area contributed by atoms with Crippen molar-refractivity contribution in [1.29, 1.82) is 0 Å². The lowest BCUT2D eigenvalue weighted by Gasteiger charge is -2.28. The van der Waals surface area contributed by atoms with E-state index in [1.54, 1.807) is 0 Å². The van der Waals surface area contributed by atoms with Gasteiger partial charge in [0.05, 0.1) is 0 Å². The van der Waals surface area contributed by atoms with Crippen LogP contribution in [0.3, 0.4) is 0 Å². The van der Waals surface area contributed by atoms with E-state index in [0.29, 0.717) is 5.92 Å². The summed E-state index contributed by atoms with van der Waals surface area (Å²) in [5, 5.41) is 0. The van der Waals surface area contributed by atoms with E-state index in [0.717, 1.165) is 11.7 Å². The maximum Gasteiger partial charge on any atom is 0.131 e. The molecule has 0 amide bonds. The van der Waals surface area contributed by atoms with Crippen LogP contribution in [0.25, 0.3) is 0 Å². The second-order valence-electron chi connectivity index (χ2n) is 6.17. The Bertz CT molecular complexity index is 377. The summed E-state index contributed by atoms with van der Waals surface area (Å²) in [5.41, 5.74) is 1.42. The molecule has 1 unspecified atom stereocenters. The molecule has 1 aliphatic carbocycles. The number of rotatable bonds is 6. The van der Waals surface area contributed by atoms with E-state index in [1.807, 2.05) is 12.1 Å². The van der Waals surface area contributed by atoms with Gasteiger partial charge in [0.15, 0.2) is 0 Å². The van der Waals surface area contributed by atoms with E-state index in [9.17, 15) is 4.39 Å². The molecule has 2 rings (SSSR count). The minimum atomic E-state index is -0.913. The zero-order valence-electron chi connectivity index (χ0n) is 12.8. The summed E-state index contributed by atoms with van der Waals surface area (Å²) in [7, 11) is 0. The highest BCUT2D eigenvalue weighted by molar-refractivity contribution is 5.29. The van der Waals surface area contributed by atoms with Gasteiger partial charge >= 0.3 is 0 Å². The maximum absolute atomic E-state index is 12.7. The minimum Gasteiger partial charge on any atom is -0.491 e. The highest BCUT2D eigenvalue weighted by Gasteiger charge is 2.21. The Kier molecular flexibility index (Phi) is 5.87. The van der Waals surface area contributed by atoms with Crippen molar-refractivity contribution in [2.24, 2.45) is 5.92 Å². The van der Waals surface area contributed by atoms with Crippen LogP contribution in [0, 0.1) is 5.92 Å². The Morgan fingerprint density at radius 3 is 2.35 bits per heavy atom. The molecule has 2 heteroatoms. The van der Waals surface area contributed by atoms with E-state index in [4.69, 9.17) is 4.74 Å². The highest BCUT2D eigenvalue weighted by atomic mass is 19.1. The second-order valence-corrected chi connectivity index (χ2v) is 6.17. The quantitative estimate of drug-likeness (QED) is 0.668. The average molecular weight is 278 g/mol. The first kappa shape index (κ1) is 15.3. The van der Waals surface area contributed by atoms with Gasteiger partial charge in [-0.2, -0.15) is 0 Å². The summed E-state index contributed by atoms with van der Waals surface area (Å²) in [5.74, 6) is 2.43. The second kappa shape index (κ2) is 7.66. The Morgan fingerprint density at radius 1 is 1.15 bits per heavy atom. The zero-order valence-corrected chi connectivity index (χ0v) is 12.8. The summed E-state index contributed by atoms with van der Waals surface area (Å²) < 4.78 is 18.1. The van der Waals surface area contributed by atoms with Gasteiger partial charge in [0.25, 0.3) is 0 Å². The van der Waals surface area contributed by atoms with Crippen molar-refractivity contribution < 1.29 is 9.13 Å². The summed E-state index contributed by atoms with van der Waals surface area (Å²) in [6.45, 7) is 3.94. The molecule has 1 nitrogen and oxygen atoms in total. The Labute approximate surface area is 122 Å². The monoisotopic (exact) mass is 278 g/mol. The van der Waals surface area contributed by atoms with Crippen LogP contribution in [0.4, 0.5) is 4.39 Å². The average Bonchev–Trinajstić information content (AvgIpc) is 2.47. The van der Waals surface area contributed by atoms with Crippen LogP contribution in [0.1, 0.15) is 63.9 Å². The fraction of sp³-hybridized carbons (Fsp3) is 0.667. The summed E-state index contributed by atoms with van der Waals surface area (Å²) >= 11 is 0. The fourth-order valence-electron chi connectivity index (χ4n) is 3.24. The van der Waals surface area contributed by atoms with Crippen LogP contribution >= 0.6 is 0 Å². The Morgan fingerprint density at radius 2 is 1.80 bits per heavy atom. The van der Waals surface area contributed by atoms with Crippen LogP contribution in [0.15, 0.2) is 24.3 Å². The fourth-order valence-corrected chi connectivity index (χ4v) is 3.24. The maximum atomic E-state index is 12.7.